The molecule has 0 spiro atoms. The molecule has 2 heteroatoms. The molecule has 0 fully saturated rings. The van der Waals surface area contributed by atoms with Gasteiger partial charge in [0.15, 0.2) is 0 Å². The Morgan fingerprint density at radius 3 is 2.50 bits per heavy atom. The average molecular weight is 188 g/mol. The maximum Gasteiger partial charge on any atom is 1.00 e. The minimum absolute atomic E-state index is 0. The second-order valence-electron chi connectivity index (χ2n) is 2.54. The van der Waals surface area contributed by atoms with Crippen molar-refractivity contribution in [3.05, 3.63) is 35.9 Å². The average Bonchev–Trinajstić information content (AvgIpc) is 2.07. The Bertz CT molecular complexity index is 213. The standard InChI is InChI=1S/C10H12O.K.H/c11-9-5-4-8-10-6-2-1-3-7-10;;/h1-3,6-7,9H,4-5,8H2;;/q;+1;-1. The minimum atomic E-state index is 0. The van der Waals surface area contributed by atoms with E-state index in [4.69, 9.17) is 0 Å². The third-order valence-corrected chi connectivity index (χ3v) is 1.63. The van der Waals surface area contributed by atoms with E-state index in [1.165, 1.54) is 5.56 Å². The molecule has 60 valence electrons. The predicted molar refractivity (Wildman–Crippen MR) is 46.6 cm³/mol. The van der Waals surface area contributed by atoms with Gasteiger partial charge >= 0.3 is 51.4 Å². The summed E-state index contributed by atoms with van der Waals surface area (Å²) in [5.74, 6) is 0. The molecule has 0 saturated heterocycles. The summed E-state index contributed by atoms with van der Waals surface area (Å²) in [6.07, 6.45) is 3.63. The van der Waals surface area contributed by atoms with Crippen LogP contribution in [-0.2, 0) is 11.2 Å². The second-order valence-corrected chi connectivity index (χ2v) is 2.54. The molecular weight excluding hydrogens is 175 g/mol. The van der Waals surface area contributed by atoms with Gasteiger partial charge < -0.3 is 6.22 Å². The van der Waals surface area contributed by atoms with E-state index in [1.54, 1.807) is 0 Å². The first-order chi connectivity index (χ1) is 5.43. The van der Waals surface area contributed by atoms with Crippen LogP contribution in [0.4, 0.5) is 0 Å². The fourth-order valence-electron chi connectivity index (χ4n) is 1.03. The van der Waals surface area contributed by atoms with Crippen LogP contribution in [0.2, 0.25) is 0 Å². The quantitative estimate of drug-likeness (QED) is 0.348. The maximum absolute atomic E-state index is 10.00. The summed E-state index contributed by atoms with van der Waals surface area (Å²) in [6.45, 7) is 0. The topological polar surface area (TPSA) is 17.1 Å². The summed E-state index contributed by atoms with van der Waals surface area (Å²) in [7, 11) is 0. The third kappa shape index (κ3) is 5.22. The van der Waals surface area contributed by atoms with Gasteiger partial charge in [-0.1, -0.05) is 30.3 Å². The van der Waals surface area contributed by atoms with Crippen LogP contribution >= 0.6 is 0 Å². The Morgan fingerprint density at radius 2 is 1.92 bits per heavy atom. The van der Waals surface area contributed by atoms with E-state index >= 15 is 0 Å². The van der Waals surface area contributed by atoms with Crippen molar-refractivity contribution in [3.8, 4) is 0 Å². The minimum Gasteiger partial charge on any atom is -1.00 e. The molecule has 0 N–H and O–H groups in total. The van der Waals surface area contributed by atoms with Crippen molar-refractivity contribution in [1.82, 2.24) is 0 Å². The van der Waals surface area contributed by atoms with Crippen LogP contribution in [0.5, 0.6) is 0 Å². The molecule has 12 heavy (non-hydrogen) atoms. The molecule has 1 aromatic carbocycles. The van der Waals surface area contributed by atoms with Gasteiger partial charge in [0, 0.05) is 6.42 Å². The van der Waals surface area contributed by atoms with E-state index in [0.29, 0.717) is 6.42 Å². The molecule has 0 heterocycles. The van der Waals surface area contributed by atoms with Crippen LogP contribution in [0.3, 0.4) is 0 Å². The zero-order chi connectivity index (χ0) is 7.94. The third-order valence-electron chi connectivity index (χ3n) is 1.63. The number of benzene rings is 1. The van der Waals surface area contributed by atoms with Crippen molar-refractivity contribution in [2.75, 3.05) is 0 Å². The number of carbonyl (C=O) groups is 1. The summed E-state index contributed by atoms with van der Waals surface area (Å²) in [5.41, 5.74) is 1.31. The van der Waals surface area contributed by atoms with Crippen LogP contribution in [0.15, 0.2) is 30.3 Å². The van der Waals surface area contributed by atoms with Gasteiger partial charge in [-0.2, -0.15) is 0 Å². The van der Waals surface area contributed by atoms with E-state index in [0.717, 1.165) is 19.1 Å². The molecule has 1 nitrogen and oxygen atoms in total. The van der Waals surface area contributed by atoms with E-state index in [9.17, 15) is 4.79 Å². The number of unbranched alkanes of at least 4 members (excludes halogenated alkanes) is 1. The van der Waals surface area contributed by atoms with Crippen molar-refractivity contribution in [1.29, 1.82) is 0 Å². The van der Waals surface area contributed by atoms with Crippen LogP contribution in [0, 0.1) is 0 Å². The van der Waals surface area contributed by atoms with Crippen molar-refractivity contribution in [2.45, 2.75) is 19.3 Å². The fraction of sp³-hybridized carbons (Fsp3) is 0.300. The number of aryl methyl sites for hydroxylation is 1. The van der Waals surface area contributed by atoms with Gasteiger partial charge in [0.05, 0.1) is 0 Å². The molecule has 0 aliphatic heterocycles. The van der Waals surface area contributed by atoms with Gasteiger partial charge in [-0.05, 0) is 18.4 Å². The molecule has 0 atom stereocenters. The molecule has 0 unspecified atom stereocenters. The van der Waals surface area contributed by atoms with E-state index in [2.05, 4.69) is 12.1 Å². The van der Waals surface area contributed by atoms with Crippen molar-refractivity contribution >= 4 is 6.29 Å². The smallest absolute Gasteiger partial charge is 1.00 e. The van der Waals surface area contributed by atoms with Crippen molar-refractivity contribution in [2.24, 2.45) is 0 Å². The van der Waals surface area contributed by atoms with E-state index < -0.39 is 0 Å². The largest absolute Gasteiger partial charge is 1.00 e. The first-order valence-electron chi connectivity index (χ1n) is 3.91. The SMILES string of the molecule is O=CCCCc1ccccc1.[H-].[K+]. The normalized spacial score (nSPS) is 8.67. The Labute approximate surface area is 117 Å². The summed E-state index contributed by atoms with van der Waals surface area (Å²) in [5, 5.41) is 0. The zero-order valence-corrected chi connectivity index (χ0v) is 10.6. The van der Waals surface area contributed by atoms with Gasteiger partial charge in [-0.25, -0.2) is 0 Å². The predicted octanol–water partition coefficient (Wildman–Crippen LogP) is -0.675. The molecule has 1 rings (SSSR count). The molecule has 0 amide bonds. The van der Waals surface area contributed by atoms with Crippen LogP contribution in [0.1, 0.15) is 19.8 Å². The van der Waals surface area contributed by atoms with E-state index in [-0.39, 0.29) is 52.8 Å². The summed E-state index contributed by atoms with van der Waals surface area (Å²) in [6, 6.07) is 10.2. The van der Waals surface area contributed by atoms with Gasteiger partial charge in [0.1, 0.15) is 6.29 Å². The zero-order valence-electron chi connectivity index (χ0n) is 8.49. The second kappa shape index (κ2) is 8.14. The number of rotatable bonds is 4. The molecule has 0 aliphatic carbocycles. The van der Waals surface area contributed by atoms with Crippen molar-refractivity contribution in [3.63, 3.8) is 0 Å². The van der Waals surface area contributed by atoms with Crippen LogP contribution < -0.4 is 51.4 Å². The van der Waals surface area contributed by atoms with Gasteiger partial charge in [-0.3, -0.25) is 0 Å². The number of hydrogen-bond donors (Lipinski definition) is 0. The number of aldehydes is 1. The molecular formula is C10H13KO. The van der Waals surface area contributed by atoms with Gasteiger partial charge in [-0.15, -0.1) is 0 Å². The first kappa shape index (κ1) is 12.5. The molecule has 0 saturated carbocycles. The van der Waals surface area contributed by atoms with Crippen molar-refractivity contribution < 1.29 is 57.6 Å². The molecule has 1 aromatic rings. The summed E-state index contributed by atoms with van der Waals surface area (Å²) in [4.78, 5) is 10.00. The summed E-state index contributed by atoms with van der Waals surface area (Å²) < 4.78 is 0. The van der Waals surface area contributed by atoms with Gasteiger partial charge in [0.2, 0.25) is 0 Å². The van der Waals surface area contributed by atoms with Crippen LogP contribution in [-0.4, -0.2) is 6.29 Å². The molecule has 0 radical (unpaired) electrons. The first-order valence-corrected chi connectivity index (χ1v) is 3.91. The Morgan fingerprint density at radius 1 is 1.25 bits per heavy atom. The summed E-state index contributed by atoms with van der Waals surface area (Å²) >= 11 is 0. The molecule has 0 aliphatic rings. The van der Waals surface area contributed by atoms with Gasteiger partial charge in [0.25, 0.3) is 0 Å². The maximum atomic E-state index is 10.00. The Balaban J connectivity index is 0. The number of carbonyl (C=O) groups excluding carboxylic acids is 1. The fourth-order valence-corrected chi connectivity index (χ4v) is 1.03. The Kier molecular flexibility index (Phi) is 8.50. The van der Waals surface area contributed by atoms with E-state index in [1.807, 2.05) is 18.2 Å². The van der Waals surface area contributed by atoms with Crippen LogP contribution in [0.25, 0.3) is 0 Å². The monoisotopic (exact) mass is 188 g/mol. The molecule has 0 bridgehead atoms. The Hall–Kier alpha value is 0.526. The number of hydrogen-bond acceptors (Lipinski definition) is 1. The molecule has 0 aromatic heterocycles.